The summed E-state index contributed by atoms with van der Waals surface area (Å²) >= 11 is 3.40. The predicted molar refractivity (Wildman–Crippen MR) is 77.7 cm³/mol. The van der Waals surface area contributed by atoms with Crippen LogP contribution in [0.1, 0.15) is 49.4 Å². The van der Waals surface area contributed by atoms with Crippen LogP contribution in [0.15, 0.2) is 28.7 Å². The number of nitrogens with zero attached hydrogens (tertiary/aromatic N) is 1. The molecule has 98 valence electrons. The monoisotopic (exact) mass is 309 g/mol. The third-order valence-corrected chi connectivity index (χ3v) is 4.23. The van der Waals surface area contributed by atoms with Crippen molar-refractivity contribution in [1.29, 1.82) is 0 Å². The van der Waals surface area contributed by atoms with Gasteiger partial charge in [0.15, 0.2) is 0 Å². The van der Waals surface area contributed by atoms with Gasteiger partial charge in [0.05, 0.1) is 0 Å². The van der Waals surface area contributed by atoms with Crippen molar-refractivity contribution in [2.24, 2.45) is 0 Å². The Hall–Kier alpha value is -0.830. The molecule has 2 nitrogen and oxygen atoms in total. The van der Waals surface area contributed by atoms with Crippen LogP contribution in [0.4, 0.5) is 0 Å². The van der Waals surface area contributed by atoms with Crippen LogP contribution in [-0.2, 0) is 0 Å². The summed E-state index contributed by atoms with van der Waals surface area (Å²) in [6, 6.07) is 8.11. The minimum absolute atomic E-state index is 0.191. The Labute approximate surface area is 117 Å². The van der Waals surface area contributed by atoms with Crippen molar-refractivity contribution in [3.63, 3.8) is 0 Å². The van der Waals surface area contributed by atoms with Gasteiger partial charge in [-0.25, -0.2) is 0 Å². The molecular formula is C15H20BrNO. The topological polar surface area (TPSA) is 20.3 Å². The summed E-state index contributed by atoms with van der Waals surface area (Å²) in [4.78, 5) is 14.6. The van der Waals surface area contributed by atoms with Crippen LogP contribution >= 0.6 is 15.9 Å². The maximum absolute atomic E-state index is 12.5. The molecule has 1 amide bonds. The highest BCUT2D eigenvalue weighted by atomic mass is 79.9. The van der Waals surface area contributed by atoms with E-state index in [1.54, 1.807) is 0 Å². The second-order valence-electron chi connectivity index (χ2n) is 4.92. The Morgan fingerprint density at radius 1 is 1.28 bits per heavy atom. The average molecular weight is 310 g/mol. The molecule has 0 radical (unpaired) electrons. The number of amides is 1. The van der Waals surface area contributed by atoms with E-state index in [-0.39, 0.29) is 5.91 Å². The van der Waals surface area contributed by atoms with Crippen molar-refractivity contribution in [3.8, 4) is 0 Å². The average Bonchev–Trinajstić information content (AvgIpc) is 2.63. The number of benzene rings is 1. The Morgan fingerprint density at radius 2 is 2.00 bits per heavy atom. The van der Waals surface area contributed by atoms with Gasteiger partial charge in [-0.05, 0) is 43.5 Å². The fourth-order valence-electron chi connectivity index (χ4n) is 2.63. The van der Waals surface area contributed by atoms with Gasteiger partial charge in [0, 0.05) is 22.6 Å². The van der Waals surface area contributed by atoms with Gasteiger partial charge in [0.2, 0.25) is 0 Å². The van der Waals surface area contributed by atoms with Crippen molar-refractivity contribution in [3.05, 3.63) is 34.3 Å². The molecule has 1 unspecified atom stereocenters. The number of rotatable bonds is 2. The van der Waals surface area contributed by atoms with Crippen molar-refractivity contribution < 1.29 is 4.79 Å². The second-order valence-corrected chi connectivity index (χ2v) is 5.83. The number of carbonyl (C=O) groups excluding carboxylic acids is 1. The molecule has 0 aliphatic carbocycles. The molecule has 1 aliphatic rings. The minimum Gasteiger partial charge on any atom is -0.336 e. The van der Waals surface area contributed by atoms with Crippen LogP contribution < -0.4 is 0 Å². The molecule has 1 heterocycles. The van der Waals surface area contributed by atoms with Gasteiger partial charge >= 0.3 is 0 Å². The maximum Gasteiger partial charge on any atom is 0.254 e. The van der Waals surface area contributed by atoms with E-state index in [0.29, 0.717) is 6.04 Å². The van der Waals surface area contributed by atoms with E-state index in [9.17, 15) is 4.79 Å². The Bertz CT molecular complexity index is 401. The van der Waals surface area contributed by atoms with Crippen molar-refractivity contribution >= 4 is 21.8 Å². The fourth-order valence-corrected chi connectivity index (χ4v) is 2.89. The fraction of sp³-hybridized carbons (Fsp3) is 0.533. The van der Waals surface area contributed by atoms with E-state index < -0.39 is 0 Å². The molecule has 1 saturated heterocycles. The first-order valence-electron chi connectivity index (χ1n) is 6.79. The molecule has 0 N–H and O–H groups in total. The quantitative estimate of drug-likeness (QED) is 0.800. The lowest BCUT2D eigenvalue weighted by atomic mass is 10.1. The third-order valence-electron chi connectivity index (χ3n) is 3.70. The molecule has 1 aliphatic heterocycles. The number of carbonyl (C=O) groups is 1. The number of hydrogen-bond donors (Lipinski definition) is 0. The smallest absolute Gasteiger partial charge is 0.254 e. The summed E-state index contributed by atoms with van der Waals surface area (Å²) in [7, 11) is 0. The molecule has 1 fully saturated rings. The highest BCUT2D eigenvalue weighted by molar-refractivity contribution is 9.10. The zero-order valence-electron chi connectivity index (χ0n) is 10.9. The van der Waals surface area contributed by atoms with Crippen LogP contribution in [0, 0.1) is 0 Å². The summed E-state index contributed by atoms with van der Waals surface area (Å²) in [5, 5.41) is 0. The van der Waals surface area contributed by atoms with E-state index in [1.165, 1.54) is 12.8 Å². The van der Waals surface area contributed by atoms with Crippen LogP contribution in [0.25, 0.3) is 0 Å². The van der Waals surface area contributed by atoms with E-state index >= 15 is 0 Å². The molecule has 0 saturated carbocycles. The molecule has 0 spiro atoms. The Morgan fingerprint density at radius 3 is 2.67 bits per heavy atom. The molecule has 1 aromatic carbocycles. The lowest BCUT2D eigenvalue weighted by Gasteiger charge is -2.29. The zero-order valence-corrected chi connectivity index (χ0v) is 12.4. The Balaban J connectivity index is 2.17. The van der Waals surface area contributed by atoms with Crippen LogP contribution in [0.3, 0.4) is 0 Å². The minimum atomic E-state index is 0.191. The molecule has 2 rings (SSSR count). The van der Waals surface area contributed by atoms with Gasteiger partial charge in [0.25, 0.3) is 5.91 Å². The first-order valence-corrected chi connectivity index (χ1v) is 7.58. The molecule has 1 atom stereocenters. The molecule has 0 bridgehead atoms. The first-order chi connectivity index (χ1) is 8.72. The van der Waals surface area contributed by atoms with E-state index in [1.807, 2.05) is 24.3 Å². The van der Waals surface area contributed by atoms with E-state index in [2.05, 4.69) is 27.8 Å². The van der Waals surface area contributed by atoms with Crippen molar-refractivity contribution in [2.75, 3.05) is 6.54 Å². The van der Waals surface area contributed by atoms with Crippen molar-refractivity contribution in [1.82, 2.24) is 4.90 Å². The van der Waals surface area contributed by atoms with Gasteiger partial charge in [-0.15, -0.1) is 0 Å². The largest absolute Gasteiger partial charge is 0.336 e. The normalized spacial score (nSPS) is 20.6. The molecule has 18 heavy (non-hydrogen) atoms. The zero-order chi connectivity index (χ0) is 13.0. The van der Waals surface area contributed by atoms with Gasteiger partial charge in [-0.3, -0.25) is 4.79 Å². The van der Waals surface area contributed by atoms with Gasteiger partial charge in [-0.2, -0.15) is 0 Å². The lowest BCUT2D eigenvalue weighted by molar-refractivity contribution is 0.0678. The number of hydrogen-bond acceptors (Lipinski definition) is 1. The molecule has 0 aromatic heterocycles. The van der Waals surface area contributed by atoms with Gasteiger partial charge < -0.3 is 4.90 Å². The summed E-state index contributed by atoms with van der Waals surface area (Å²) in [5.41, 5.74) is 0.804. The van der Waals surface area contributed by atoms with Gasteiger partial charge in [-0.1, -0.05) is 35.7 Å². The third kappa shape index (κ3) is 3.14. The van der Waals surface area contributed by atoms with E-state index in [0.717, 1.165) is 35.8 Å². The number of halogens is 1. The first kappa shape index (κ1) is 13.6. The lowest BCUT2D eigenvalue weighted by Crippen LogP contribution is -2.39. The predicted octanol–water partition coefficient (Wildman–Crippen LogP) is 4.24. The van der Waals surface area contributed by atoms with Gasteiger partial charge in [0.1, 0.15) is 0 Å². The van der Waals surface area contributed by atoms with E-state index in [4.69, 9.17) is 0 Å². The summed E-state index contributed by atoms with van der Waals surface area (Å²) in [5.74, 6) is 0.191. The molecular weight excluding hydrogens is 290 g/mol. The van der Waals surface area contributed by atoms with Crippen molar-refractivity contribution in [2.45, 2.75) is 45.1 Å². The second kappa shape index (κ2) is 6.37. The van der Waals surface area contributed by atoms with Crippen LogP contribution in [0.2, 0.25) is 0 Å². The summed E-state index contributed by atoms with van der Waals surface area (Å²) in [6.07, 6.45) is 5.85. The van der Waals surface area contributed by atoms with Crippen LogP contribution in [-0.4, -0.2) is 23.4 Å². The van der Waals surface area contributed by atoms with Crippen LogP contribution in [0.5, 0.6) is 0 Å². The highest BCUT2D eigenvalue weighted by Gasteiger charge is 2.24. The standard InChI is InChI=1S/C15H20BrNO/c1-2-14-6-4-3-5-11-17(14)15(18)12-7-9-13(16)10-8-12/h7-10,14H,2-6,11H2,1H3. The summed E-state index contributed by atoms with van der Waals surface area (Å²) in [6.45, 7) is 3.09. The molecule has 1 aromatic rings. The maximum atomic E-state index is 12.5. The Kier molecular flexibility index (Phi) is 4.81. The molecule has 3 heteroatoms. The summed E-state index contributed by atoms with van der Waals surface area (Å²) < 4.78 is 1.02. The SMILES string of the molecule is CCC1CCCCCN1C(=O)c1ccc(Br)cc1. The highest BCUT2D eigenvalue weighted by Crippen LogP contribution is 2.22. The number of likely N-dealkylation sites (tertiary alicyclic amines) is 1.